The van der Waals surface area contributed by atoms with Gasteiger partial charge in [0.15, 0.2) is 0 Å². The highest BCUT2D eigenvalue weighted by molar-refractivity contribution is 8.03. The van der Waals surface area contributed by atoms with Gasteiger partial charge in [-0.1, -0.05) is 134 Å². The van der Waals surface area contributed by atoms with Crippen LogP contribution in [0.2, 0.25) is 0 Å². The Morgan fingerprint density at radius 2 is 1.52 bits per heavy atom. The highest BCUT2D eigenvalue weighted by Gasteiger charge is 2.26. The maximum absolute atomic E-state index is 2.35. The van der Waals surface area contributed by atoms with Gasteiger partial charge in [-0.15, -0.1) is 0 Å². The minimum absolute atomic E-state index is 0.346. The van der Waals surface area contributed by atoms with E-state index < -0.39 is 0 Å². The van der Waals surface area contributed by atoms with E-state index >= 15 is 0 Å². The fourth-order valence-corrected chi connectivity index (χ4v) is 7.10. The number of allylic oxidation sites excluding steroid dienone is 16. The lowest BCUT2D eigenvalue weighted by Gasteiger charge is -2.28. The van der Waals surface area contributed by atoms with E-state index in [0.29, 0.717) is 5.92 Å². The molecule has 3 aromatic rings. The van der Waals surface area contributed by atoms with Gasteiger partial charge in [0.1, 0.15) is 0 Å². The first-order valence-corrected chi connectivity index (χ1v) is 15.8. The van der Waals surface area contributed by atoms with Gasteiger partial charge in [0, 0.05) is 10.8 Å². The predicted molar refractivity (Wildman–Crippen MR) is 184 cm³/mol. The third-order valence-corrected chi connectivity index (χ3v) is 9.81. The molecular weight excluding hydrogens is 525 g/mol. The summed E-state index contributed by atoms with van der Waals surface area (Å²) in [6, 6.07) is 26.5. The van der Waals surface area contributed by atoms with Gasteiger partial charge in [-0.2, -0.15) is 0 Å². The molecule has 1 heteroatoms. The summed E-state index contributed by atoms with van der Waals surface area (Å²) in [5, 5.41) is 0. The second-order valence-electron chi connectivity index (χ2n) is 11.4. The number of hydrogen-bond donors (Lipinski definition) is 0. The third-order valence-electron chi connectivity index (χ3n) is 8.62. The Balaban J connectivity index is 1.24. The van der Waals surface area contributed by atoms with Crippen LogP contribution < -0.4 is 0 Å². The van der Waals surface area contributed by atoms with E-state index in [1.54, 1.807) is 0 Å². The van der Waals surface area contributed by atoms with Gasteiger partial charge in [-0.3, -0.25) is 0 Å². The van der Waals surface area contributed by atoms with E-state index in [4.69, 9.17) is 0 Å². The quantitative estimate of drug-likeness (QED) is 0.279. The van der Waals surface area contributed by atoms with Crippen LogP contribution in [0.4, 0.5) is 0 Å². The first-order valence-electron chi connectivity index (χ1n) is 15.0. The topological polar surface area (TPSA) is 0 Å². The van der Waals surface area contributed by atoms with Crippen molar-refractivity contribution in [3.63, 3.8) is 0 Å². The molecule has 6 rings (SSSR count). The molecule has 0 amide bonds. The molecule has 0 fully saturated rings. The fourth-order valence-electron chi connectivity index (χ4n) is 6.08. The van der Waals surface area contributed by atoms with Crippen molar-refractivity contribution in [2.24, 2.45) is 0 Å². The number of hydrogen-bond acceptors (Lipinski definition) is 1. The summed E-state index contributed by atoms with van der Waals surface area (Å²) in [4.78, 5) is 2.78. The lowest BCUT2D eigenvalue weighted by atomic mass is 9.75. The van der Waals surface area contributed by atoms with Crippen LogP contribution in [0.1, 0.15) is 67.9 Å². The Morgan fingerprint density at radius 3 is 2.36 bits per heavy atom. The molecule has 1 atom stereocenters. The zero-order chi connectivity index (χ0) is 29.1. The number of thioether (sulfide) groups is 1. The Bertz CT molecular complexity index is 1780. The molecule has 0 radical (unpaired) electrons. The number of rotatable bonds is 5. The summed E-state index contributed by atoms with van der Waals surface area (Å²) in [5.41, 5.74) is 14.7. The highest BCUT2D eigenvalue weighted by atomic mass is 32.2. The summed E-state index contributed by atoms with van der Waals surface area (Å²) in [6.45, 7) is 9.00. The van der Waals surface area contributed by atoms with Gasteiger partial charge < -0.3 is 0 Å². The van der Waals surface area contributed by atoms with Gasteiger partial charge in [0.2, 0.25) is 0 Å². The first kappa shape index (κ1) is 28.1. The van der Waals surface area contributed by atoms with Gasteiger partial charge in [0.05, 0.1) is 0 Å². The summed E-state index contributed by atoms with van der Waals surface area (Å²) in [5.74, 6) is 0.346. The van der Waals surface area contributed by atoms with Crippen LogP contribution in [-0.4, -0.2) is 0 Å². The Morgan fingerprint density at radius 1 is 0.810 bits per heavy atom. The van der Waals surface area contributed by atoms with E-state index in [1.165, 1.54) is 71.1 Å². The lowest BCUT2D eigenvalue weighted by molar-refractivity contribution is 0.894. The zero-order valence-corrected chi connectivity index (χ0v) is 25.8. The van der Waals surface area contributed by atoms with Gasteiger partial charge >= 0.3 is 0 Å². The predicted octanol–water partition coefficient (Wildman–Crippen LogP) is 11.7. The third kappa shape index (κ3) is 5.80. The molecular formula is C41H38S. The van der Waals surface area contributed by atoms with E-state index in [9.17, 15) is 0 Å². The summed E-state index contributed by atoms with van der Waals surface area (Å²) in [6.07, 6.45) is 22.5. The molecule has 0 N–H and O–H groups in total. The Kier molecular flexibility index (Phi) is 8.31. The normalized spacial score (nSPS) is 19.7. The maximum atomic E-state index is 2.35. The Labute approximate surface area is 256 Å². The van der Waals surface area contributed by atoms with Crippen molar-refractivity contribution in [2.75, 3.05) is 0 Å². The monoisotopic (exact) mass is 562 g/mol. The van der Waals surface area contributed by atoms with Crippen LogP contribution in [0, 0.1) is 0 Å². The second kappa shape index (κ2) is 12.4. The number of fused-ring (bicyclic) bond motifs is 3. The van der Waals surface area contributed by atoms with Crippen molar-refractivity contribution in [3.8, 4) is 0 Å². The van der Waals surface area contributed by atoms with Crippen molar-refractivity contribution in [1.82, 2.24) is 0 Å². The maximum Gasteiger partial charge on any atom is 0.0154 e. The molecule has 1 heterocycles. The molecule has 0 saturated heterocycles. The van der Waals surface area contributed by atoms with E-state index in [1.807, 2.05) is 11.8 Å². The van der Waals surface area contributed by atoms with Crippen molar-refractivity contribution >= 4 is 28.5 Å². The van der Waals surface area contributed by atoms with Gasteiger partial charge in [0.25, 0.3) is 0 Å². The molecule has 1 aliphatic heterocycles. The second-order valence-corrected chi connectivity index (χ2v) is 12.7. The molecule has 0 saturated carbocycles. The largest absolute Gasteiger partial charge is 0.0943 e. The minimum atomic E-state index is 0.346. The Hall–Kier alpha value is -4.07. The average molecular weight is 563 g/mol. The lowest BCUT2D eigenvalue weighted by Crippen LogP contribution is -2.10. The van der Waals surface area contributed by atoms with Crippen LogP contribution >= 0.6 is 11.8 Å². The van der Waals surface area contributed by atoms with E-state index in [2.05, 4.69) is 155 Å². The molecule has 0 spiro atoms. The van der Waals surface area contributed by atoms with Gasteiger partial charge in [-0.25, -0.2) is 0 Å². The van der Waals surface area contributed by atoms with Crippen LogP contribution in [-0.2, 0) is 6.42 Å². The number of benzene rings is 3. The fraction of sp³-hybridized carbons (Fsp3) is 0.171. The van der Waals surface area contributed by atoms with Crippen LogP contribution in [0.3, 0.4) is 0 Å². The van der Waals surface area contributed by atoms with Crippen LogP contribution in [0.5, 0.6) is 0 Å². The van der Waals surface area contributed by atoms with Crippen LogP contribution in [0.15, 0.2) is 154 Å². The van der Waals surface area contributed by atoms with E-state index in [0.717, 1.165) is 12.8 Å². The smallest absolute Gasteiger partial charge is 0.0154 e. The standard InChI is InChI=1S/C41H38S/c1-28(14-12-18-34-27-35-15-8-11-23-41(35)42-31(34)4)32-16-13-17-33(26-32)29(2)24-25-37-30(3)36-19-9-10-22-38(36)40-21-7-5-6-20-39(37)40/h6-26,30H,5,27H2,1-4H3/b18-12-,28-14+,29-24+,37-25+. The molecule has 0 bridgehead atoms. The average Bonchev–Trinajstić information content (AvgIpc) is 3.27. The van der Waals surface area contributed by atoms with Crippen molar-refractivity contribution in [2.45, 2.75) is 51.3 Å². The van der Waals surface area contributed by atoms with Crippen LogP contribution in [0.25, 0.3) is 16.7 Å². The highest BCUT2D eigenvalue weighted by Crippen LogP contribution is 2.44. The molecule has 3 aliphatic rings. The first-order chi connectivity index (χ1) is 20.5. The minimum Gasteiger partial charge on any atom is -0.0943 e. The van der Waals surface area contributed by atoms with E-state index in [-0.39, 0.29) is 0 Å². The summed E-state index contributed by atoms with van der Waals surface area (Å²) in [7, 11) is 0. The molecule has 0 nitrogen and oxygen atoms in total. The van der Waals surface area contributed by atoms with Crippen molar-refractivity contribution < 1.29 is 0 Å². The summed E-state index contributed by atoms with van der Waals surface area (Å²) >= 11 is 1.89. The molecule has 1 unspecified atom stereocenters. The van der Waals surface area contributed by atoms with Gasteiger partial charge in [-0.05, 0) is 112 Å². The molecule has 0 aromatic heterocycles. The van der Waals surface area contributed by atoms with Crippen molar-refractivity contribution in [3.05, 3.63) is 177 Å². The SMILES string of the molecule is CC1=C(/C=C\C=C(/C)c2cccc(/C(C)=C/C=C3/C4=C(C=CCC=C4)c4ccccc4C3C)c2)Cc2ccccc2S1. The van der Waals surface area contributed by atoms with Crippen molar-refractivity contribution in [1.29, 1.82) is 0 Å². The summed E-state index contributed by atoms with van der Waals surface area (Å²) < 4.78 is 0. The molecule has 3 aromatic carbocycles. The zero-order valence-electron chi connectivity index (χ0n) is 25.0. The molecule has 42 heavy (non-hydrogen) atoms. The molecule has 208 valence electrons. The molecule has 2 aliphatic carbocycles.